The molecule has 0 aromatic rings. The van der Waals surface area contributed by atoms with Gasteiger partial charge in [0.1, 0.15) is 48.3 Å². The van der Waals surface area contributed by atoms with Crippen molar-refractivity contribution >= 4 is 65.2 Å². The molecule has 328 valence electrons. The zero-order valence-electron chi connectivity index (χ0n) is 34.3. The smallest absolute Gasteiger partial charge is 0.325 e. The molecule has 0 saturated heterocycles. The maximum atomic E-state index is 13.3. The highest BCUT2D eigenvalue weighted by Crippen LogP contribution is 2.09. The van der Waals surface area contributed by atoms with E-state index in [1.54, 1.807) is 27.7 Å². The van der Waals surface area contributed by atoms with Crippen molar-refractivity contribution in [3.63, 3.8) is 0 Å². The van der Waals surface area contributed by atoms with E-state index in [0.717, 1.165) is 6.92 Å². The second kappa shape index (κ2) is 25.4. The predicted molar refractivity (Wildman–Crippen MR) is 204 cm³/mol. The van der Waals surface area contributed by atoms with E-state index in [1.165, 1.54) is 27.7 Å². The molecular formula is C36H60N8O14. The summed E-state index contributed by atoms with van der Waals surface area (Å²) in [6.07, 6.45) is -1.51. The van der Waals surface area contributed by atoms with Crippen LogP contribution in [0.25, 0.3) is 0 Å². The molecule has 0 radical (unpaired) electrons. The largest absolute Gasteiger partial charge is 0.481 e. The molecule has 0 aromatic heterocycles. The lowest BCUT2D eigenvalue weighted by Gasteiger charge is -2.26. The lowest BCUT2D eigenvalue weighted by Crippen LogP contribution is -2.59. The molecule has 11 N–H and O–H groups in total. The summed E-state index contributed by atoms with van der Waals surface area (Å²) in [6.45, 7) is 13.2. The highest BCUT2D eigenvalue weighted by Gasteiger charge is 2.32. The monoisotopic (exact) mass is 828 g/mol. The Balaban J connectivity index is 5.80. The second-order valence-electron chi connectivity index (χ2n) is 14.8. The van der Waals surface area contributed by atoms with Gasteiger partial charge in [-0.05, 0) is 65.2 Å². The summed E-state index contributed by atoms with van der Waals surface area (Å²) in [5, 5.41) is 46.5. The van der Waals surface area contributed by atoms with Crippen LogP contribution in [-0.2, 0) is 52.7 Å². The van der Waals surface area contributed by atoms with Crippen molar-refractivity contribution < 1.29 is 68.1 Å². The summed E-state index contributed by atoms with van der Waals surface area (Å²) in [6, 6.07) is -10.3. The van der Waals surface area contributed by atoms with Crippen molar-refractivity contribution in [2.24, 2.45) is 11.8 Å². The van der Waals surface area contributed by atoms with Crippen LogP contribution in [0.1, 0.15) is 101 Å². The Morgan fingerprint density at radius 3 is 0.931 bits per heavy atom. The zero-order chi connectivity index (χ0) is 45.0. The normalized spacial score (nSPS) is 15.1. The zero-order valence-corrected chi connectivity index (χ0v) is 34.3. The van der Waals surface area contributed by atoms with Crippen LogP contribution in [-0.4, -0.2) is 129 Å². The Bertz CT molecular complexity index is 1520. The van der Waals surface area contributed by atoms with Crippen LogP contribution in [0.2, 0.25) is 0 Å². The van der Waals surface area contributed by atoms with Gasteiger partial charge in [0.15, 0.2) is 0 Å². The molecule has 0 unspecified atom stereocenters. The van der Waals surface area contributed by atoms with Gasteiger partial charge in [-0.15, -0.1) is 0 Å². The minimum absolute atomic E-state index is 0.0710. The van der Waals surface area contributed by atoms with Gasteiger partial charge in [-0.3, -0.25) is 52.7 Å². The van der Waals surface area contributed by atoms with Gasteiger partial charge in [0.2, 0.25) is 47.3 Å². The van der Waals surface area contributed by atoms with Gasteiger partial charge in [0, 0.05) is 19.8 Å². The molecular weight excluding hydrogens is 768 g/mol. The van der Waals surface area contributed by atoms with Crippen molar-refractivity contribution in [1.29, 1.82) is 0 Å². The average Bonchev–Trinajstić information content (AvgIpc) is 3.09. The van der Waals surface area contributed by atoms with Crippen molar-refractivity contribution in [2.75, 3.05) is 0 Å². The molecule has 22 heteroatoms. The fraction of sp³-hybridized carbons (Fsp3) is 0.694. The van der Waals surface area contributed by atoms with Crippen LogP contribution in [0.5, 0.6) is 0 Å². The number of rotatable bonds is 26. The van der Waals surface area contributed by atoms with E-state index in [9.17, 15) is 57.8 Å². The molecule has 0 heterocycles. The molecule has 58 heavy (non-hydrogen) atoms. The summed E-state index contributed by atoms with van der Waals surface area (Å²) >= 11 is 0. The Morgan fingerprint density at radius 2 is 0.655 bits per heavy atom. The SMILES string of the molecule is CC(=O)N[C@@H](CCC(=O)O)C(=O)N[C@@H](C)C(=O)N[C@@H](CC(C)C)C(=O)N[C@@H](C)C(=O)N[C@@H](CCC(=O)O)C(=O)N[C@@H](C)C(=O)N[C@@H](CC(C)C)C(=O)N[C@@H](C)C(=O)O. The summed E-state index contributed by atoms with van der Waals surface area (Å²) in [4.78, 5) is 137. The highest BCUT2D eigenvalue weighted by molar-refractivity contribution is 5.97. The van der Waals surface area contributed by atoms with Gasteiger partial charge < -0.3 is 57.9 Å². The first-order valence-corrected chi connectivity index (χ1v) is 18.8. The summed E-state index contributed by atoms with van der Waals surface area (Å²) in [7, 11) is 0. The Labute approximate surface area is 336 Å². The number of carboxylic acids is 3. The lowest BCUT2D eigenvalue weighted by atomic mass is 10.0. The predicted octanol–water partition coefficient (Wildman–Crippen LogP) is -2.13. The molecule has 22 nitrogen and oxygen atoms in total. The molecule has 0 aliphatic heterocycles. The molecule has 0 aliphatic carbocycles. The van der Waals surface area contributed by atoms with Crippen LogP contribution < -0.4 is 42.5 Å². The molecule has 0 fully saturated rings. The van der Waals surface area contributed by atoms with Crippen LogP contribution >= 0.6 is 0 Å². The third-order valence-corrected chi connectivity index (χ3v) is 8.29. The van der Waals surface area contributed by atoms with E-state index in [0.29, 0.717) is 0 Å². The number of carbonyl (C=O) groups excluding carboxylic acids is 8. The number of aliphatic carboxylic acids is 3. The quantitative estimate of drug-likeness (QED) is 0.0444. The first-order chi connectivity index (χ1) is 26.7. The van der Waals surface area contributed by atoms with Crippen molar-refractivity contribution in [2.45, 2.75) is 149 Å². The fourth-order valence-electron chi connectivity index (χ4n) is 5.13. The van der Waals surface area contributed by atoms with Crippen molar-refractivity contribution in [3.05, 3.63) is 0 Å². The van der Waals surface area contributed by atoms with Gasteiger partial charge in [-0.1, -0.05) is 27.7 Å². The lowest BCUT2D eigenvalue weighted by molar-refractivity contribution is -0.142. The summed E-state index contributed by atoms with van der Waals surface area (Å²) in [5.41, 5.74) is 0. The molecule has 0 rings (SSSR count). The van der Waals surface area contributed by atoms with Gasteiger partial charge >= 0.3 is 17.9 Å². The Morgan fingerprint density at radius 1 is 0.379 bits per heavy atom. The average molecular weight is 829 g/mol. The minimum Gasteiger partial charge on any atom is -0.481 e. The van der Waals surface area contributed by atoms with Crippen LogP contribution in [0, 0.1) is 11.8 Å². The third-order valence-electron chi connectivity index (χ3n) is 8.29. The molecule has 0 saturated carbocycles. The van der Waals surface area contributed by atoms with Crippen LogP contribution in [0.3, 0.4) is 0 Å². The Kier molecular flexibility index (Phi) is 22.9. The minimum atomic E-state index is -1.52. The van der Waals surface area contributed by atoms with E-state index in [2.05, 4.69) is 42.5 Å². The third kappa shape index (κ3) is 20.9. The van der Waals surface area contributed by atoms with Crippen LogP contribution in [0.4, 0.5) is 0 Å². The standard InChI is InChI=1S/C36H60N8O14/c1-16(2)14-25(43-30(51)19(6)37-32(53)23(41-22(9)45)10-12-27(46)47)34(55)39-18(5)29(50)42-24(11-13-28(48)49)33(54)38-20(7)31(52)44-26(15-17(3)4)35(56)40-21(8)36(57)58/h16-21,23-26H,10-15H2,1-9H3,(H,37,53)(H,38,54)(H,39,55)(H,40,56)(H,41,45)(H,42,50)(H,43,51)(H,44,52)(H,46,47)(H,48,49)(H,57,58)/t18-,19-,20-,21-,23-,24-,25-,26-/m0/s1. The van der Waals surface area contributed by atoms with Gasteiger partial charge in [0.05, 0.1) is 0 Å². The van der Waals surface area contributed by atoms with E-state index >= 15 is 0 Å². The van der Waals surface area contributed by atoms with E-state index in [-0.39, 0.29) is 31.1 Å². The van der Waals surface area contributed by atoms with E-state index in [4.69, 9.17) is 10.2 Å². The number of carboxylic acid groups (broad SMARTS) is 3. The summed E-state index contributed by atoms with van der Waals surface area (Å²) < 4.78 is 0. The molecule has 0 aliphatic rings. The fourth-order valence-corrected chi connectivity index (χ4v) is 5.13. The van der Waals surface area contributed by atoms with Crippen molar-refractivity contribution in [3.8, 4) is 0 Å². The highest BCUT2D eigenvalue weighted by atomic mass is 16.4. The molecule has 0 bridgehead atoms. The number of hydrogen-bond acceptors (Lipinski definition) is 11. The number of amides is 8. The van der Waals surface area contributed by atoms with Gasteiger partial charge in [-0.25, -0.2) is 0 Å². The first-order valence-electron chi connectivity index (χ1n) is 18.8. The van der Waals surface area contributed by atoms with Crippen molar-refractivity contribution in [1.82, 2.24) is 42.5 Å². The maximum absolute atomic E-state index is 13.3. The van der Waals surface area contributed by atoms with Gasteiger partial charge in [-0.2, -0.15) is 0 Å². The van der Waals surface area contributed by atoms with E-state index < -0.39 is 133 Å². The topological polar surface area (TPSA) is 345 Å². The first kappa shape index (κ1) is 52.2. The molecule has 0 spiro atoms. The number of hydrogen-bond donors (Lipinski definition) is 11. The second-order valence-corrected chi connectivity index (χ2v) is 14.8. The van der Waals surface area contributed by atoms with Gasteiger partial charge in [0.25, 0.3) is 0 Å². The summed E-state index contributed by atoms with van der Waals surface area (Å²) in [5.74, 6) is -10.7. The Hall–Kier alpha value is -5.83. The number of carbonyl (C=O) groups is 11. The molecule has 0 aromatic carbocycles. The molecule has 8 amide bonds. The number of nitrogens with one attached hydrogen (secondary N) is 8. The molecule has 8 atom stereocenters. The van der Waals surface area contributed by atoms with E-state index in [1.807, 2.05) is 0 Å². The maximum Gasteiger partial charge on any atom is 0.325 e. The van der Waals surface area contributed by atoms with Crippen LogP contribution in [0.15, 0.2) is 0 Å².